The fourth-order valence-corrected chi connectivity index (χ4v) is 3.10. The van der Waals surface area contributed by atoms with Crippen LogP contribution in [0.5, 0.6) is 0 Å². The van der Waals surface area contributed by atoms with Gasteiger partial charge in [0.1, 0.15) is 5.15 Å². The van der Waals surface area contributed by atoms with Gasteiger partial charge >= 0.3 is 6.08 Å². The fourth-order valence-electron chi connectivity index (χ4n) is 0.795. The van der Waals surface area contributed by atoms with Gasteiger partial charge in [-0.25, -0.2) is 9.37 Å². The van der Waals surface area contributed by atoms with Crippen molar-refractivity contribution in [1.82, 2.24) is 4.98 Å². The van der Waals surface area contributed by atoms with E-state index < -0.39 is 11.9 Å². The molecule has 2 nitrogen and oxygen atoms in total. The molecule has 0 amide bonds. The first-order valence-corrected chi connectivity index (χ1v) is 6.31. The number of aliphatic hydroxyl groups is 1. The topological polar surface area (TPSA) is 33.1 Å². The molecule has 0 aliphatic heterocycles. The number of hydrogen-bond donors (Lipinski definition) is 1. The Bertz CT molecular complexity index is 393. The van der Waals surface area contributed by atoms with Crippen LogP contribution < -0.4 is 0 Å². The lowest BCUT2D eigenvalue weighted by molar-refractivity contribution is 0.285. The summed E-state index contributed by atoms with van der Waals surface area (Å²) in [6.07, 6.45) is -2.63. The van der Waals surface area contributed by atoms with Crippen molar-refractivity contribution >= 4 is 34.7 Å². The molecule has 0 aromatic carbocycles. The maximum Gasteiger partial charge on any atom is 0.301 e. The van der Waals surface area contributed by atoms with Gasteiger partial charge in [-0.05, 0) is 0 Å². The number of halogens is 4. The highest BCUT2D eigenvalue weighted by atomic mass is 35.5. The van der Waals surface area contributed by atoms with Crippen molar-refractivity contribution in [2.75, 3.05) is 5.75 Å². The smallest absolute Gasteiger partial charge is 0.301 e. The molecule has 0 radical (unpaired) electrons. The molecular formula is C8H7ClF3NOS2. The molecule has 1 N–H and O–H groups in total. The van der Waals surface area contributed by atoms with E-state index >= 15 is 0 Å². The van der Waals surface area contributed by atoms with Crippen molar-refractivity contribution in [3.05, 3.63) is 21.9 Å². The number of thioether (sulfide) groups is 1. The van der Waals surface area contributed by atoms with Gasteiger partial charge in [0.05, 0.1) is 11.5 Å². The molecule has 0 saturated carbocycles. The standard InChI is InChI=1S/C8H7ClF3NOS2/c9-6-5(3-14)16-8(13-6)15-2-1-4(10)7(11)12/h14H,1-3H2. The normalized spacial score (nSPS) is 10.6. The van der Waals surface area contributed by atoms with Crippen LogP contribution in [0.25, 0.3) is 0 Å². The summed E-state index contributed by atoms with van der Waals surface area (Å²) in [5, 5.41) is 9.03. The molecule has 0 unspecified atom stereocenters. The number of hydrogen-bond acceptors (Lipinski definition) is 4. The summed E-state index contributed by atoms with van der Waals surface area (Å²) in [4.78, 5) is 4.40. The number of nitrogens with zero attached hydrogens (tertiary/aromatic N) is 1. The Morgan fingerprint density at radius 2 is 2.12 bits per heavy atom. The van der Waals surface area contributed by atoms with Gasteiger partial charge in [0.2, 0.25) is 0 Å². The van der Waals surface area contributed by atoms with E-state index in [9.17, 15) is 13.2 Å². The van der Waals surface area contributed by atoms with E-state index in [0.29, 0.717) is 9.22 Å². The first-order valence-electron chi connectivity index (χ1n) is 4.13. The molecule has 90 valence electrons. The lowest BCUT2D eigenvalue weighted by Gasteiger charge is -1.94. The minimum atomic E-state index is -2.28. The second-order valence-electron chi connectivity index (χ2n) is 2.62. The van der Waals surface area contributed by atoms with Crippen molar-refractivity contribution in [1.29, 1.82) is 0 Å². The highest BCUT2D eigenvalue weighted by Gasteiger charge is 2.10. The Labute approximate surface area is 103 Å². The van der Waals surface area contributed by atoms with Crippen molar-refractivity contribution in [3.8, 4) is 0 Å². The number of rotatable bonds is 5. The molecule has 0 spiro atoms. The average molecular weight is 290 g/mol. The third-order valence-electron chi connectivity index (χ3n) is 1.53. The van der Waals surface area contributed by atoms with E-state index in [1.165, 1.54) is 0 Å². The van der Waals surface area contributed by atoms with Crippen LogP contribution in [0, 0.1) is 0 Å². The molecule has 1 heterocycles. The van der Waals surface area contributed by atoms with Crippen LogP contribution in [0.2, 0.25) is 5.15 Å². The summed E-state index contributed by atoms with van der Waals surface area (Å²) in [6, 6.07) is 0. The molecule has 0 aliphatic rings. The van der Waals surface area contributed by atoms with E-state index in [1.807, 2.05) is 0 Å². The van der Waals surface area contributed by atoms with Crippen LogP contribution in [0.4, 0.5) is 13.2 Å². The quantitative estimate of drug-likeness (QED) is 0.836. The van der Waals surface area contributed by atoms with E-state index in [-0.39, 0.29) is 23.9 Å². The van der Waals surface area contributed by atoms with Crippen LogP contribution in [-0.2, 0) is 6.61 Å². The van der Waals surface area contributed by atoms with E-state index in [2.05, 4.69) is 4.98 Å². The van der Waals surface area contributed by atoms with Crippen LogP contribution in [0.1, 0.15) is 11.3 Å². The SMILES string of the molecule is OCc1sc(SCCC(F)=C(F)F)nc1Cl. The van der Waals surface area contributed by atoms with Crippen molar-refractivity contribution in [2.24, 2.45) is 0 Å². The lowest BCUT2D eigenvalue weighted by Crippen LogP contribution is -1.82. The summed E-state index contributed by atoms with van der Waals surface area (Å²) < 4.78 is 36.4. The van der Waals surface area contributed by atoms with E-state index in [1.54, 1.807) is 0 Å². The Balaban J connectivity index is 2.46. The minimum Gasteiger partial charge on any atom is -0.391 e. The third-order valence-corrected chi connectivity index (χ3v) is 4.14. The van der Waals surface area contributed by atoms with Gasteiger partial charge < -0.3 is 5.11 Å². The highest BCUT2D eigenvalue weighted by molar-refractivity contribution is 8.01. The molecule has 0 fully saturated rings. The number of allylic oxidation sites excluding steroid dienone is 1. The zero-order valence-electron chi connectivity index (χ0n) is 7.84. The average Bonchev–Trinajstić information content (AvgIpc) is 2.58. The molecule has 0 atom stereocenters. The minimum absolute atomic E-state index is 0.151. The van der Waals surface area contributed by atoms with Crippen LogP contribution in [0.15, 0.2) is 16.2 Å². The molecule has 1 rings (SSSR count). The predicted molar refractivity (Wildman–Crippen MR) is 58.7 cm³/mol. The molecule has 0 saturated heterocycles. The van der Waals surface area contributed by atoms with Gasteiger partial charge in [0, 0.05) is 12.2 Å². The molecule has 1 aromatic rings. The summed E-state index contributed by atoms with van der Waals surface area (Å²) >= 11 is 7.94. The Morgan fingerprint density at radius 1 is 1.44 bits per heavy atom. The highest BCUT2D eigenvalue weighted by Crippen LogP contribution is 2.31. The van der Waals surface area contributed by atoms with Crippen molar-refractivity contribution in [2.45, 2.75) is 17.4 Å². The number of aromatic nitrogens is 1. The van der Waals surface area contributed by atoms with E-state index in [4.69, 9.17) is 16.7 Å². The van der Waals surface area contributed by atoms with Gasteiger partial charge in [0.25, 0.3) is 0 Å². The maximum atomic E-state index is 12.4. The molecule has 0 bridgehead atoms. The molecule has 0 aliphatic carbocycles. The van der Waals surface area contributed by atoms with Crippen LogP contribution >= 0.6 is 34.7 Å². The molecule has 8 heteroatoms. The van der Waals surface area contributed by atoms with Gasteiger partial charge in [-0.1, -0.05) is 23.4 Å². The first kappa shape index (κ1) is 13.8. The predicted octanol–water partition coefficient (Wildman–Crippen LogP) is 3.85. The van der Waals surface area contributed by atoms with Gasteiger partial charge in [-0.3, -0.25) is 0 Å². The second-order valence-corrected chi connectivity index (χ2v) is 5.40. The maximum absolute atomic E-state index is 12.4. The van der Waals surface area contributed by atoms with Crippen molar-refractivity contribution in [3.63, 3.8) is 0 Å². The van der Waals surface area contributed by atoms with E-state index in [0.717, 1.165) is 23.1 Å². The summed E-state index contributed by atoms with van der Waals surface area (Å²) in [7, 11) is 0. The van der Waals surface area contributed by atoms with Crippen molar-refractivity contribution < 1.29 is 18.3 Å². The molecule has 1 aromatic heterocycles. The van der Waals surface area contributed by atoms with Crippen LogP contribution in [0.3, 0.4) is 0 Å². The Morgan fingerprint density at radius 3 is 2.62 bits per heavy atom. The largest absolute Gasteiger partial charge is 0.391 e. The first-order chi connectivity index (χ1) is 7.54. The molecule has 16 heavy (non-hydrogen) atoms. The third kappa shape index (κ3) is 3.97. The Kier molecular flexibility index (Phi) is 5.60. The molecular weight excluding hydrogens is 283 g/mol. The Hall–Kier alpha value is -0.240. The fraction of sp³-hybridized carbons (Fsp3) is 0.375. The van der Waals surface area contributed by atoms with Gasteiger partial charge in [0.15, 0.2) is 10.2 Å². The number of aliphatic hydroxyl groups excluding tert-OH is 1. The second kappa shape index (κ2) is 6.48. The van der Waals surface area contributed by atoms with Gasteiger partial charge in [-0.2, -0.15) is 8.78 Å². The number of thiazole rings is 1. The summed E-state index contributed by atoms with van der Waals surface area (Å²) in [6.45, 7) is -0.218. The van der Waals surface area contributed by atoms with Gasteiger partial charge in [-0.15, -0.1) is 11.3 Å². The summed E-state index contributed by atoms with van der Waals surface area (Å²) in [5.74, 6) is -1.25. The lowest BCUT2D eigenvalue weighted by atomic mass is 10.4. The zero-order chi connectivity index (χ0) is 12.1. The zero-order valence-corrected chi connectivity index (χ0v) is 10.2. The van der Waals surface area contributed by atoms with Crippen LogP contribution in [-0.4, -0.2) is 15.8 Å². The summed E-state index contributed by atoms with van der Waals surface area (Å²) in [5.41, 5.74) is 0. The monoisotopic (exact) mass is 289 g/mol.